The number of halogens is 1. The lowest BCUT2D eigenvalue weighted by molar-refractivity contribution is 0.816. The largest absolute Gasteiger partial charge is 0.344 e. The Morgan fingerprint density at radius 2 is 1.95 bits per heavy atom. The van der Waals surface area contributed by atoms with Crippen LogP contribution in [-0.4, -0.2) is 14.1 Å². The molecular weight excluding hydrogens is 256 g/mol. The summed E-state index contributed by atoms with van der Waals surface area (Å²) >= 11 is 6.08. The number of anilines is 2. The van der Waals surface area contributed by atoms with Crippen LogP contribution in [0.2, 0.25) is 5.02 Å². The average molecular weight is 275 g/mol. The normalized spacial score (nSPS) is 10.5. The number of aryl methyl sites for hydroxylation is 1. The average Bonchev–Trinajstić information content (AvgIpc) is 2.39. The van der Waals surface area contributed by atoms with Gasteiger partial charge in [0.05, 0.1) is 0 Å². The summed E-state index contributed by atoms with van der Waals surface area (Å²) in [6, 6.07) is 14.5. The van der Waals surface area contributed by atoms with Crippen molar-refractivity contribution >= 4 is 23.0 Å². The van der Waals surface area contributed by atoms with Crippen LogP contribution in [0.15, 0.2) is 42.5 Å². The Hall–Kier alpha value is -1.51. The molecule has 0 aliphatic heterocycles. The number of rotatable bonds is 4. The second-order valence-corrected chi connectivity index (χ2v) is 5.14. The van der Waals surface area contributed by atoms with Crippen LogP contribution in [0.4, 0.5) is 11.4 Å². The summed E-state index contributed by atoms with van der Waals surface area (Å²) in [6.45, 7) is 2.90. The number of hydrogen-bond donors (Lipinski definition) is 1. The number of nitrogens with zero attached hydrogens (tertiary/aromatic N) is 1. The van der Waals surface area contributed by atoms with Gasteiger partial charge in [-0.25, -0.2) is 0 Å². The molecule has 0 spiro atoms. The molecule has 0 radical (unpaired) electrons. The van der Waals surface area contributed by atoms with Crippen molar-refractivity contribution in [1.29, 1.82) is 0 Å². The summed E-state index contributed by atoms with van der Waals surface area (Å²) in [4.78, 5) is 2.19. The molecule has 0 saturated heterocycles. The molecule has 0 atom stereocenters. The van der Waals surface area contributed by atoms with Gasteiger partial charge in [-0.1, -0.05) is 23.7 Å². The molecule has 0 unspecified atom stereocenters. The Morgan fingerprint density at radius 1 is 1.16 bits per heavy atom. The Kier molecular flexibility index (Phi) is 4.46. The van der Waals surface area contributed by atoms with Crippen molar-refractivity contribution in [2.24, 2.45) is 0 Å². The summed E-state index contributed by atoms with van der Waals surface area (Å²) in [7, 11) is 4.02. The summed E-state index contributed by atoms with van der Waals surface area (Å²) < 4.78 is 0. The van der Waals surface area contributed by atoms with E-state index in [-0.39, 0.29) is 0 Å². The van der Waals surface area contributed by atoms with E-state index < -0.39 is 0 Å². The first-order chi connectivity index (χ1) is 9.11. The zero-order valence-corrected chi connectivity index (χ0v) is 12.3. The number of benzene rings is 2. The van der Waals surface area contributed by atoms with Crippen molar-refractivity contribution in [2.45, 2.75) is 13.5 Å². The highest BCUT2D eigenvalue weighted by atomic mass is 35.5. The van der Waals surface area contributed by atoms with Crippen molar-refractivity contribution in [3.8, 4) is 0 Å². The minimum atomic E-state index is 0.770. The van der Waals surface area contributed by atoms with Gasteiger partial charge in [0.15, 0.2) is 0 Å². The van der Waals surface area contributed by atoms with Gasteiger partial charge >= 0.3 is 0 Å². The van der Waals surface area contributed by atoms with Gasteiger partial charge < -0.3 is 10.2 Å². The van der Waals surface area contributed by atoms with E-state index in [1.54, 1.807) is 0 Å². The maximum atomic E-state index is 6.08. The molecule has 2 rings (SSSR count). The highest BCUT2D eigenvalue weighted by Crippen LogP contribution is 2.29. The van der Waals surface area contributed by atoms with E-state index in [2.05, 4.69) is 54.5 Å². The predicted molar refractivity (Wildman–Crippen MR) is 83.5 cm³/mol. The smallest absolute Gasteiger partial charge is 0.0454 e. The molecule has 0 saturated carbocycles. The topological polar surface area (TPSA) is 15.3 Å². The summed E-state index contributed by atoms with van der Waals surface area (Å²) in [5.74, 6) is 0. The van der Waals surface area contributed by atoms with E-state index in [1.807, 2.05) is 19.2 Å². The molecule has 0 aromatic heterocycles. The van der Waals surface area contributed by atoms with Crippen molar-refractivity contribution < 1.29 is 0 Å². The van der Waals surface area contributed by atoms with Crippen LogP contribution in [-0.2, 0) is 6.54 Å². The Labute approximate surface area is 120 Å². The maximum Gasteiger partial charge on any atom is 0.0454 e. The first-order valence-electron chi connectivity index (χ1n) is 6.35. The molecule has 0 heterocycles. The predicted octanol–water partition coefficient (Wildman–Crippen LogP) is 4.14. The van der Waals surface area contributed by atoms with Crippen molar-refractivity contribution in [1.82, 2.24) is 5.32 Å². The quantitative estimate of drug-likeness (QED) is 0.902. The second-order valence-electron chi connectivity index (χ2n) is 4.70. The fourth-order valence-corrected chi connectivity index (χ4v) is 2.38. The Balaban J connectivity index is 2.40. The standard InChI is InChI=1S/C16H19ClN2/c1-12-5-4-6-15(9-12)19(3)16-8-7-14(17)10-13(16)11-18-2/h4-10,18H,11H2,1-3H3. The van der Waals surface area contributed by atoms with Crippen LogP contribution in [0.5, 0.6) is 0 Å². The second kappa shape index (κ2) is 6.09. The van der Waals surface area contributed by atoms with E-state index in [9.17, 15) is 0 Å². The minimum Gasteiger partial charge on any atom is -0.344 e. The third-order valence-electron chi connectivity index (χ3n) is 3.16. The zero-order valence-electron chi connectivity index (χ0n) is 11.6. The monoisotopic (exact) mass is 274 g/mol. The maximum absolute atomic E-state index is 6.08. The molecule has 0 fully saturated rings. The van der Waals surface area contributed by atoms with Crippen molar-refractivity contribution in [3.63, 3.8) is 0 Å². The van der Waals surface area contributed by atoms with Gasteiger partial charge in [-0.3, -0.25) is 0 Å². The van der Waals surface area contributed by atoms with Crippen molar-refractivity contribution in [3.05, 3.63) is 58.6 Å². The summed E-state index contributed by atoms with van der Waals surface area (Å²) in [5, 5.41) is 3.95. The molecule has 3 heteroatoms. The van der Waals surface area contributed by atoms with Gasteiger partial charge in [-0.2, -0.15) is 0 Å². The van der Waals surface area contributed by atoms with Gasteiger partial charge in [0.1, 0.15) is 0 Å². The van der Waals surface area contributed by atoms with Gasteiger partial charge in [0.2, 0.25) is 0 Å². The third-order valence-corrected chi connectivity index (χ3v) is 3.39. The van der Waals surface area contributed by atoms with Crippen LogP contribution in [0, 0.1) is 6.92 Å². The fraction of sp³-hybridized carbons (Fsp3) is 0.250. The van der Waals surface area contributed by atoms with E-state index >= 15 is 0 Å². The minimum absolute atomic E-state index is 0.770. The van der Waals surface area contributed by atoms with Gasteiger partial charge in [0, 0.05) is 30.0 Å². The van der Waals surface area contributed by atoms with E-state index in [0.29, 0.717) is 0 Å². The molecular formula is C16H19ClN2. The van der Waals surface area contributed by atoms with Crippen LogP contribution >= 0.6 is 11.6 Å². The molecule has 2 aromatic rings. The molecule has 0 amide bonds. The van der Waals surface area contributed by atoms with Gasteiger partial charge in [-0.15, -0.1) is 0 Å². The highest BCUT2D eigenvalue weighted by Gasteiger charge is 2.09. The van der Waals surface area contributed by atoms with Crippen molar-refractivity contribution in [2.75, 3.05) is 19.0 Å². The Bertz CT molecular complexity index is 566. The molecule has 100 valence electrons. The number of hydrogen-bond acceptors (Lipinski definition) is 2. The molecule has 2 aromatic carbocycles. The third kappa shape index (κ3) is 3.28. The molecule has 2 nitrogen and oxygen atoms in total. The molecule has 0 bridgehead atoms. The fourth-order valence-electron chi connectivity index (χ4n) is 2.19. The van der Waals surface area contributed by atoms with E-state index in [4.69, 9.17) is 11.6 Å². The lowest BCUT2D eigenvalue weighted by Gasteiger charge is -2.23. The van der Waals surface area contributed by atoms with Gasteiger partial charge in [-0.05, 0) is 55.4 Å². The molecule has 0 aliphatic carbocycles. The highest BCUT2D eigenvalue weighted by molar-refractivity contribution is 6.30. The first kappa shape index (κ1) is 13.9. The summed E-state index contributed by atoms with van der Waals surface area (Å²) in [6.07, 6.45) is 0. The molecule has 19 heavy (non-hydrogen) atoms. The SMILES string of the molecule is CNCc1cc(Cl)ccc1N(C)c1cccc(C)c1. The van der Waals surface area contributed by atoms with Crippen LogP contribution < -0.4 is 10.2 Å². The zero-order chi connectivity index (χ0) is 13.8. The van der Waals surface area contributed by atoms with Crippen LogP contribution in [0.25, 0.3) is 0 Å². The van der Waals surface area contributed by atoms with Crippen LogP contribution in [0.3, 0.4) is 0 Å². The van der Waals surface area contributed by atoms with Gasteiger partial charge in [0.25, 0.3) is 0 Å². The van der Waals surface area contributed by atoms with Crippen LogP contribution in [0.1, 0.15) is 11.1 Å². The Morgan fingerprint density at radius 3 is 2.63 bits per heavy atom. The first-order valence-corrected chi connectivity index (χ1v) is 6.73. The molecule has 1 N–H and O–H groups in total. The molecule has 0 aliphatic rings. The lowest BCUT2D eigenvalue weighted by Crippen LogP contribution is -2.15. The number of nitrogens with one attached hydrogen (secondary N) is 1. The summed E-state index contributed by atoms with van der Waals surface area (Å²) in [5.41, 5.74) is 4.80. The lowest BCUT2D eigenvalue weighted by atomic mass is 10.1. The van der Waals surface area contributed by atoms with E-state index in [0.717, 1.165) is 11.6 Å². The van der Waals surface area contributed by atoms with E-state index in [1.165, 1.54) is 22.5 Å².